The van der Waals surface area contributed by atoms with Crippen LogP contribution in [0.3, 0.4) is 0 Å². The smallest absolute Gasteiger partial charge is 0.245 e. The number of unbranched alkanes of at least 4 members (excludes halogenated alkanes) is 1. The molecule has 0 bridgehead atoms. The third-order valence-electron chi connectivity index (χ3n) is 16.0. The average Bonchev–Trinajstić information content (AvgIpc) is 1.74. The molecule has 0 spiro atoms. The summed E-state index contributed by atoms with van der Waals surface area (Å²) in [6.45, 7) is 3.86. The van der Waals surface area contributed by atoms with E-state index in [4.69, 9.17) is 40.1 Å². The number of benzene rings is 2. The molecule has 2 aliphatic rings. The summed E-state index contributed by atoms with van der Waals surface area (Å²) in [5.41, 5.74) is 40.6. The minimum atomic E-state index is -1.64. The van der Waals surface area contributed by atoms with Gasteiger partial charge in [-0.1, -0.05) is 74.5 Å². The van der Waals surface area contributed by atoms with Gasteiger partial charge in [-0.25, -0.2) is 0 Å². The number of hydrogen-bond acceptors (Lipinski definition) is 17. The van der Waals surface area contributed by atoms with Gasteiger partial charge in [0, 0.05) is 45.3 Å². The van der Waals surface area contributed by atoms with Crippen molar-refractivity contribution in [3.05, 3.63) is 71.8 Å². The molecule has 4 rings (SSSR count). The lowest BCUT2D eigenvalue weighted by Crippen LogP contribution is -2.60. The Bertz CT molecular complexity index is 2960. The normalized spacial score (nSPS) is 16.8. The molecule has 2 fully saturated rings. The molecule has 2 aromatic rings. The summed E-state index contributed by atoms with van der Waals surface area (Å²) in [4.78, 5) is 185. The zero-order chi connectivity index (χ0) is 70.1. The number of carbonyl (C=O) groups is 13. The third-order valence-corrected chi connectivity index (χ3v) is 16.7. The Hall–Kier alpha value is -8.91. The predicted molar refractivity (Wildman–Crippen MR) is 356 cm³/mol. The van der Waals surface area contributed by atoms with Gasteiger partial charge in [0.25, 0.3) is 0 Å². The number of likely N-dealkylation sites (tertiary alicyclic amines) is 2. The van der Waals surface area contributed by atoms with E-state index in [1.165, 1.54) is 21.6 Å². The van der Waals surface area contributed by atoms with Gasteiger partial charge < -0.3 is 92.5 Å². The van der Waals surface area contributed by atoms with Crippen LogP contribution in [-0.2, 0) is 75.2 Å². The topological polar surface area (TPSA) is 519 Å². The molecule has 0 aliphatic carbocycles. The second-order valence-corrected chi connectivity index (χ2v) is 25.1. The molecular weight excluding hydrogens is 1250 g/mol. The molecule has 2 saturated heterocycles. The number of thioether (sulfide) groups is 1. The summed E-state index contributed by atoms with van der Waals surface area (Å²) in [5, 5.41) is 21.1. The van der Waals surface area contributed by atoms with Crippen LogP contribution in [0.25, 0.3) is 0 Å². The standard InChI is InChI=1S/C63H98N18O13S/c1-37(2)33-45(57(89)74-41(53(68)85)27-32-95-3)73-52(84)36-72-54(86)46(34-38-15-6-4-7-16-38)78-58(90)47(35-39-17-8-5-9-18-39)79-56(88)42(23-25-50(66)82)75-55(87)43(24-26-51(67)83)76-59(91)49-22-14-31-81(49)62(94)44(20-10-11-28-64)77-60(92)48-21-13-30-80(48)61(93)40(65)19-12-29-71-63(69)70/h4-9,15-18,37,40-49H,10-14,19-36,64-65H2,1-3H3,(H2,66,82)(H2,67,83)(H2,68,85)(H,72,86)(H,73,84)(H,74,89)(H,75,87)(H,76,91)(H,77,92)(H,78,90)(H,79,88)(H4,69,70,71)/t40-,41-,42-,43-,44+,45-,46-,47+,48-,49+/m0/s1. The van der Waals surface area contributed by atoms with Gasteiger partial charge in [0.1, 0.15) is 54.4 Å². The maximum Gasteiger partial charge on any atom is 0.245 e. The minimum Gasteiger partial charge on any atom is -0.370 e. The first kappa shape index (κ1) is 78.5. The fourth-order valence-electron chi connectivity index (χ4n) is 11.0. The van der Waals surface area contributed by atoms with Gasteiger partial charge in [-0.2, -0.15) is 11.8 Å². The van der Waals surface area contributed by atoms with E-state index < -0.39 is 169 Å². The zero-order valence-corrected chi connectivity index (χ0v) is 55.3. The lowest BCUT2D eigenvalue weighted by atomic mass is 10.0. The monoisotopic (exact) mass is 1350 g/mol. The van der Waals surface area contributed by atoms with Crippen LogP contribution in [-0.4, -0.2) is 198 Å². The highest BCUT2D eigenvalue weighted by Gasteiger charge is 2.42. The molecule has 10 atom stereocenters. The van der Waals surface area contributed by atoms with Crippen molar-refractivity contribution in [3.63, 3.8) is 0 Å². The molecule has 0 unspecified atom stereocenters. The van der Waals surface area contributed by atoms with Crippen molar-refractivity contribution in [1.82, 2.24) is 52.3 Å². The zero-order valence-electron chi connectivity index (χ0n) is 54.5. The molecule has 2 aromatic carbocycles. The van der Waals surface area contributed by atoms with E-state index in [1.54, 1.807) is 60.7 Å². The van der Waals surface area contributed by atoms with Crippen molar-refractivity contribution < 1.29 is 62.3 Å². The summed E-state index contributed by atoms with van der Waals surface area (Å²) in [7, 11) is 0. The highest BCUT2D eigenvalue weighted by atomic mass is 32.2. The van der Waals surface area contributed by atoms with Crippen LogP contribution in [0, 0.1) is 5.92 Å². The number of amides is 13. The Kier molecular flexibility index (Phi) is 33.9. The Labute approximate surface area is 558 Å². The summed E-state index contributed by atoms with van der Waals surface area (Å²) in [5.74, 6) is -9.80. The van der Waals surface area contributed by atoms with Gasteiger partial charge in [0.15, 0.2) is 5.96 Å². The van der Waals surface area contributed by atoms with Crippen molar-refractivity contribution in [1.29, 1.82) is 0 Å². The van der Waals surface area contributed by atoms with Crippen molar-refractivity contribution in [3.8, 4) is 0 Å². The highest BCUT2D eigenvalue weighted by Crippen LogP contribution is 2.24. The van der Waals surface area contributed by atoms with E-state index >= 15 is 0 Å². The van der Waals surface area contributed by atoms with Crippen molar-refractivity contribution in [2.75, 3.05) is 44.7 Å². The van der Waals surface area contributed by atoms with E-state index in [9.17, 15) is 62.3 Å². The van der Waals surface area contributed by atoms with Crippen molar-refractivity contribution in [2.24, 2.45) is 51.0 Å². The van der Waals surface area contributed by atoms with E-state index in [0.29, 0.717) is 55.4 Å². The first-order valence-corrected chi connectivity index (χ1v) is 33.6. The average molecular weight is 1350 g/mol. The molecule has 2 aliphatic heterocycles. The Morgan fingerprint density at radius 2 is 1.01 bits per heavy atom. The van der Waals surface area contributed by atoms with Gasteiger partial charge in [-0.05, 0) is 119 Å². The quantitative estimate of drug-likeness (QED) is 0.0173. The number of nitrogens with zero attached hydrogens (tertiary/aromatic N) is 3. The fourth-order valence-corrected chi connectivity index (χ4v) is 11.5. The number of guanidine groups is 1. The first-order chi connectivity index (χ1) is 45.2. The van der Waals surface area contributed by atoms with Gasteiger partial charge in [0.05, 0.1) is 12.6 Å². The number of hydrogen-bond donors (Lipinski definition) is 15. The van der Waals surface area contributed by atoms with Crippen LogP contribution in [0.5, 0.6) is 0 Å². The van der Waals surface area contributed by atoms with Gasteiger partial charge >= 0.3 is 0 Å². The summed E-state index contributed by atoms with van der Waals surface area (Å²) < 4.78 is 0. The Balaban J connectivity index is 1.56. The maximum atomic E-state index is 14.7. The van der Waals surface area contributed by atoms with Gasteiger partial charge in [-0.3, -0.25) is 67.3 Å². The van der Waals surface area contributed by atoms with Crippen LogP contribution < -0.4 is 82.7 Å². The third kappa shape index (κ3) is 27.5. The molecule has 13 amide bonds. The van der Waals surface area contributed by atoms with E-state index in [1.807, 2.05) is 20.1 Å². The van der Waals surface area contributed by atoms with Gasteiger partial charge in [-0.15, -0.1) is 0 Å². The molecule has 22 N–H and O–H groups in total. The molecule has 95 heavy (non-hydrogen) atoms. The number of carbonyl (C=O) groups excluding carboxylic acids is 13. The van der Waals surface area contributed by atoms with Crippen LogP contribution >= 0.6 is 11.8 Å². The lowest BCUT2D eigenvalue weighted by molar-refractivity contribution is -0.144. The number of nitrogens with two attached hydrogens (primary N) is 7. The van der Waals surface area contributed by atoms with Crippen LogP contribution in [0.4, 0.5) is 0 Å². The van der Waals surface area contributed by atoms with Crippen molar-refractivity contribution >= 4 is 94.5 Å². The first-order valence-electron chi connectivity index (χ1n) is 32.2. The predicted octanol–water partition coefficient (Wildman–Crippen LogP) is -3.71. The Morgan fingerprint density at radius 3 is 1.51 bits per heavy atom. The second-order valence-electron chi connectivity index (χ2n) is 24.1. The molecule has 0 aromatic heterocycles. The number of rotatable bonds is 42. The number of nitrogens with one attached hydrogen (secondary N) is 8. The molecule has 32 heteroatoms. The largest absolute Gasteiger partial charge is 0.370 e. The molecule has 31 nitrogen and oxygen atoms in total. The molecular formula is C63H98N18O13S. The number of primary amides is 3. The van der Waals surface area contributed by atoms with E-state index in [2.05, 4.69) is 47.5 Å². The minimum absolute atomic E-state index is 0.0736. The highest BCUT2D eigenvalue weighted by molar-refractivity contribution is 7.98. The Morgan fingerprint density at radius 1 is 0.537 bits per heavy atom. The number of aliphatic imine (C=N–C) groups is 1. The van der Waals surface area contributed by atoms with Gasteiger partial charge in [0.2, 0.25) is 76.8 Å². The molecule has 0 radical (unpaired) electrons. The fraction of sp³-hybridized carbons (Fsp3) is 0.587. The summed E-state index contributed by atoms with van der Waals surface area (Å²) >= 11 is 1.45. The lowest BCUT2D eigenvalue weighted by Gasteiger charge is -2.32. The SMILES string of the molecule is CSCC[C@H](NC(=O)[C@H](CC(C)C)NC(=O)CNC(=O)[C@H](Cc1ccccc1)NC(=O)[C@@H](Cc1ccccc1)NC(=O)[C@H](CCC(N)=O)NC(=O)[C@H](CCC(N)=O)NC(=O)[C@H]1CCCN1C(=O)[C@@H](CCCCN)NC(=O)[C@@H]1CCCN1C(=O)[C@@H](N)CCCN=C(N)N)C(N)=O. The summed E-state index contributed by atoms with van der Waals surface area (Å²) in [6, 6.07) is 4.51. The van der Waals surface area contributed by atoms with Crippen LogP contribution in [0.15, 0.2) is 65.7 Å². The maximum absolute atomic E-state index is 14.7. The van der Waals surface area contributed by atoms with E-state index in [0.717, 1.165) is 0 Å². The van der Waals surface area contributed by atoms with Crippen LogP contribution in [0.2, 0.25) is 0 Å². The second kappa shape index (κ2) is 41.0. The molecule has 524 valence electrons. The van der Waals surface area contributed by atoms with E-state index in [-0.39, 0.29) is 83.0 Å². The van der Waals surface area contributed by atoms with Crippen LogP contribution in [0.1, 0.15) is 121 Å². The molecule has 2 heterocycles. The molecule has 0 saturated carbocycles. The summed E-state index contributed by atoms with van der Waals surface area (Å²) in [6.07, 6.45) is 3.12. The van der Waals surface area contributed by atoms with Crippen molar-refractivity contribution in [2.45, 2.75) is 183 Å².